The van der Waals surface area contributed by atoms with E-state index in [2.05, 4.69) is 10.6 Å². The standard InChI is InChI=1S/C17H19N3O3/c1-11-7-8-14(20(22)23)9-15(11)19-16(21)10-18-17-12(2)5-4-6-13(17)3/h4-9,18H,10H2,1-3H3,(H,19,21). The highest BCUT2D eigenvalue weighted by molar-refractivity contribution is 5.94. The summed E-state index contributed by atoms with van der Waals surface area (Å²) in [5.74, 6) is -0.253. The Kier molecular flexibility index (Phi) is 4.95. The largest absolute Gasteiger partial charge is 0.376 e. The molecule has 2 rings (SSSR count). The third-order valence-electron chi connectivity index (χ3n) is 3.61. The van der Waals surface area contributed by atoms with Crippen LogP contribution < -0.4 is 10.6 Å². The first-order chi connectivity index (χ1) is 10.9. The van der Waals surface area contributed by atoms with E-state index in [0.717, 1.165) is 22.4 Å². The zero-order valence-electron chi connectivity index (χ0n) is 13.3. The Hall–Kier alpha value is -2.89. The average Bonchev–Trinajstić information content (AvgIpc) is 2.48. The van der Waals surface area contributed by atoms with Crippen LogP contribution in [0.2, 0.25) is 0 Å². The van der Waals surface area contributed by atoms with E-state index in [-0.39, 0.29) is 18.1 Å². The molecular weight excluding hydrogens is 294 g/mol. The molecule has 0 atom stereocenters. The number of nitrogens with one attached hydrogen (secondary N) is 2. The summed E-state index contributed by atoms with van der Waals surface area (Å²) >= 11 is 0. The highest BCUT2D eigenvalue weighted by Crippen LogP contribution is 2.22. The van der Waals surface area contributed by atoms with Crippen molar-refractivity contribution >= 4 is 23.0 Å². The quantitative estimate of drug-likeness (QED) is 0.653. The molecule has 0 spiro atoms. The number of nitro benzene ring substituents is 1. The first-order valence-electron chi connectivity index (χ1n) is 7.23. The molecule has 0 aliphatic carbocycles. The fraction of sp³-hybridized carbons (Fsp3) is 0.235. The summed E-state index contributed by atoms with van der Waals surface area (Å²) in [5, 5.41) is 16.6. The second kappa shape index (κ2) is 6.91. The SMILES string of the molecule is Cc1ccc([N+](=O)[O-])cc1NC(=O)CNc1c(C)cccc1C. The van der Waals surface area contributed by atoms with Gasteiger partial charge in [0.15, 0.2) is 0 Å². The lowest BCUT2D eigenvalue weighted by molar-refractivity contribution is -0.384. The predicted molar refractivity (Wildman–Crippen MR) is 90.9 cm³/mol. The first-order valence-corrected chi connectivity index (χ1v) is 7.23. The van der Waals surface area contributed by atoms with Crippen molar-refractivity contribution in [2.75, 3.05) is 17.2 Å². The Morgan fingerprint density at radius 2 is 1.74 bits per heavy atom. The van der Waals surface area contributed by atoms with Gasteiger partial charge in [-0.2, -0.15) is 0 Å². The minimum Gasteiger partial charge on any atom is -0.376 e. The number of hydrogen-bond donors (Lipinski definition) is 2. The lowest BCUT2D eigenvalue weighted by atomic mass is 10.1. The number of para-hydroxylation sites is 1. The van der Waals surface area contributed by atoms with E-state index in [1.54, 1.807) is 13.0 Å². The topological polar surface area (TPSA) is 84.3 Å². The predicted octanol–water partition coefficient (Wildman–Crippen LogP) is 3.57. The van der Waals surface area contributed by atoms with E-state index in [1.807, 2.05) is 32.0 Å². The van der Waals surface area contributed by atoms with Crippen LogP contribution in [0, 0.1) is 30.9 Å². The van der Waals surface area contributed by atoms with E-state index in [0.29, 0.717) is 5.69 Å². The van der Waals surface area contributed by atoms with Crippen molar-refractivity contribution in [3.05, 3.63) is 63.2 Å². The molecule has 0 saturated heterocycles. The van der Waals surface area contributed by atoms with Crippen molar-refractivity contribution in [3.8, 4) is 0 Å². The van der Waals surface area contributed by atoms with Gasteiger partial charge in [0.25, 0.3) is 5.69 Å². The first kappa shape index (κ1) is 16.5. The molecule has 2 N–H and O–H groups in total. The van der Waals surface area contributed by atoms with Crippen molar-refractivity contribution in [1.29, 1.82) is 0 Å². The highest BCUT2D eigenvalue weighted by atomic mass is 16.6. The lowest BCUT2D eigenvalue weighted by Gasteiger charge is -2.13. The van der Waals surface area contributed by atoms with Crippen LogP contribution in [0.15, 0.2) is 36.4 Å². The summed E-state index contributed by atoms with van der Waals surface area (Å²) < 4.78 is 0. The molecule has 1 amide bonds. The number of nitrogens with zero attached hydrogens (tertiary/aromatic N) is 1. The van der Waals surface area contributed by atoms with Crippen LogP contribution in [0.3, 0.4) is 0 Å². The van der Waals surface area contributed by atoms with Crippen molar-refractivity contribution in [1.82, 2.24) is 0 Å². The van der Waals surface area contributed by atoms with Crippen molar-refractivity contribution in [2.45, 2.75) is 20.8 Å². The molecule has 0 heterocycles. The molecule has 6 nitrogen and oxygen atoms in total. The molecule has 23 heavy (non-hydrogen) atoms. The van der Waals surface area contributed by atoms with Crippen LogP contribution in [0.4, 0.5) is 17.1 Å². The van der Waals surface area contributed by atoms with Crippen LogP contribution in [-0.4, -0.2) is 17.4 Å². The highest BCUT2D eigenvalue weighted by Gasteiger charge is 2.11. The maximum absolute atomic E-state index is 12.1. The van der Waals surface area contributed by atoms with Gasteiger partial charge in [0.2, 0.25) is 5.91 Å². The number of aryl methyl sites for hydroxylation is 3. The normalized spacial score (nSPS) is 10.2. The second-order valence-electron chi connectivity index (χ2n) is 5.42. The number of rotatable bonds is 5. The number of amides is 1. The maximum Gasteiger partial charge on any atom is 0.271 e. The summed E-state index contributed by atoms with van der Waals surface area (Å²) in [7, 11) is 0. The molecule has 0 bridgehead atoms. The van der Waals surface area contributed by atoms with Gasteiger partial charge in [-0.15, -0.1) is 0 Å². The number of hydrogen-bond acceptors (Lipinski definition) is 4. The van der Waals surface area contributed by atoms with Gasteiger partial charge in [-0.05, 0) is 37.5 Å². The smallest absolute Gasteiger partial charge is 0.271 e. The molecule has 0 fully saturated rings. The van der Waals surface area contributed by atoms with Gasteiger partial charge >= 0.3 is 0 Å². The number of nitro groups is 1. The summed E-state index contributed by atoms with van der Waals surface area (Å²) in [6.07, 6.45) is 0. The molecule has 6 heteroatoms. The Labute approximate surface area is 134 Å². The van der Waals surface area contributed by atoms with E-state index in [4.69, 9.17) is 0 Å². The molecule has 0 aliphatic heterocycles. The Morgan fingerprint density at radius 3 is 2.35 bits per heavy atom. The average molecular weight is 313 g/mol. The minimum absolute atomic E-state index is 0.0476. The third-order valence-corrected chi connectivity index (χ3v) is 3.61. The summed E-state index contributed by atoms with van der Waals surface area (Å²) in [5.41, 5.74) is 4.23. The monoisotopic (exact) mass is 313 g/mol. The molecular formula is C17H19N3O3. The van der Waals surface area contributed by atoms with Crippen molar-refractivity contribution < 1.29 is 9.72 Å². The zero-order chi connectivity index (χ0) is 17.0. The number of benzene rings is 2. The third kappa shape index (κ3) is 4.06. The summed E-state index contributed by atoms with van der Waals surface area (Å²) in [4.78, 5) is 22.4. The number of carbonyl (C=O) groups excluding carboxylic acids is 1. The van der Waals surface area contributed by atoms with Crippen LogP contribution >= 0.6 is 0 Å². The zero-order valence-corrected chi connectivity index (χ0v) is 13.3. The van der Waals surface area contributed by atoms with Crippen LogP contribution in [-0.2, 0) is 4.79 Å². The Morgan fingerprint density at radius 1 is 1.09 bits per heavy atom. The molecule has 2 aromatic rings. The second-order valence-corrected chi connectivity index (χ2v) is 5.42. The van der Waals surface area contributed by atoms with Gasteiger partial charge in [0, 0.05) is 17.8 Å². The van der Waals surface area contributed by atoms with E-state index in [9.17, 15) is 14.9 Å². The Balaban J connectivity index is 2.06. The molecule has 0 aliphatic rings. The van der Waals surface area contributed by atoms with Gasteiger partial charge in [-0.25, -0.2) is 0 Å². The van der Waals surface area contributed by atoms with Crippen molar-refractivity contribution in [3.63, 3.8) is 0 Å². The lowest BCUT2D eigenvalue weighted by Crippen LogP contribution is -2.22. The molecule has 0 aromatic heterocycles. The molecule has 0 radical (unpaired) electrons. The van der Waals surface area contributed by atoms with E-state index in [1.165, 1.54) is 12.1 Å². The Bertz CT molecular complexity index is 736. The van der Waals surface area contributed by atoms with Gasteiger partial charge in [0.1, 0.15) is 0 Å². The molecule has 0 saturated carbocycles. The fourth-order valence-corrected chi connectivity index (χ4v) is 2.31. The summed E-state index contributed by atoms with van der Waals surface area (Å²) in [6.45, 7) is 5.82. The fourth-order valence-electron chi connectivity index (χ4n) is 2.31. The van der Waals surface area contributed by atoms with Gasteiger partial charge in [-0.3, -0.25) is 14.9 Å². The van der Waals surface area contributed by atoms with Gasteiger partial charge in [0.05, 0.1) is 17.2 Å². The molecule has 120 valence electrons. The number of anilines is 2. The maximum atomic E-state index is 12.1. The van der Waals surface area contributed by atoms with Gasteiger partial charge < -0.3 is 10.6 Å². The minimum atomic E-state index is -0.482. The molecule has 0 unspecified atom stereocenters. The van der Waals surface area contributed by atoms with Crippen LogP contribution in [0.1, 0.15) is 16.7 Å². The molecule has 2 aromatic carbocycles. The van der Waals surface area contributed by atoms with E-state index < -0.39 is 4.92 Å². The summed E-state index contributed by atoms with van der Waals surface area (Å²) in [6, 6.07) is 10.3. The van der Waals surface area contributed by atoms with Crippen LogP contribution in [0.25, 0.3) is 0 Å². The van der Waals surface area contributed by atoms with Crippen molar-refractivity contribution in [2.24, 2.45) is 0 Å². The number of non-ortho nitro benzene ring substituents is 1. The van der Waals surface area contributed by atoms with Crippen LogP contribution in [0.5, 0.6) is 0 Å². The number of carbonyl (C=O) groups is 1. The van der Waals surface area contributed by atoms with E-state index >= 15 is 0 Å². The van der Waals surface area contributed by atoms with Gasteiger partial charge in [-0.1, -0.05) is 24.3 Å².